The first kappa shape index (κ1) is 25.7. The van der Waals surface area contributed by atoms with Crippen LogP contribution in [0.3, 0.4) is 0 Å². The number of carbonyl (C=O) groups is 1. The van der Waals surface area contributed by atoms with E-state index in [1.54, 1.807) is 12.1 Å². The number of nitrogens with one attached hydrogen (secondary N) is 3. The van der Waals surface area contributed by atoms with Gasteiger partial charge in [-0.25, -0.2) is 0 Å². The van der Waals surface area contributed by atoms with E-state index in [9.17, 15) is 18.0 Å². The van der Waals surface area contributed by atoms with Gasteiger partial charge in [0.05, 0.1) is 0 Å². The van der Waals surface area contributed by atoms with Gasteiger partial charge in [0, 0.05) is 0 Å². The van der Waals surface area contributed by atoms with E-state index in [4.69, 9.17) is 4.74 Å². The fourth-order valence-corrected chi connectivity index (χ4v) is 7.23. The van der Waals surface area contributed by atoms with Crippen molar-refractivity contribution in [3.8, 4) is 0 Å². The molecule has 0 spiro atoms. The van der Waals surface area contributed by atoms with Gasteiger partial charge in [0.25, 0.3) is 0 Å². The second-order valence-electron chi connectivity index (χ2n) is 9.85. The Kier molecular flexibility index (Phi) is 7.54. The molecule has 3 unspecified atom stereocenters. The van der Waals surface area contributed by atoms with Crippen molar-refractivity contribution < 1.29 is 43.9 Å². The second-order valence-corrected chi connectivity index (χ2v) is 12.9. The topological polar surface area (TPSA) is 85.5 Å². The normalized spacial score (nSPS) is 25.4. The van der Waals surface area contributed by atoms with Gasteiger partial charge < -0.3 is 0 Å². The van der Waals surface area contributed by atoms with Crippen LogP contribution < -0.4 is 37.4 Å². The SMILES string of the molecule is CCC(=O)NCC(C)(C)C1OC1(C)CC(C)CC[I-]c1ccc(C2(C(F)(F)F)NN2)cc1. The van der Waals surface area contributed by atoms with Crippen molar-refractivity contribution in [3.05, 3.63) is 33.4 Å². The number of hydrogen-bond acceptors (Lipinski definition) is 4. The van der Waals surface area contributed by atoms with Crippen molar-refractivity contribution in [2.24, 2.45) is 11.3 Å². The van der Waals surface area contributed by atoms with E-state index >= 15 is 0 Å². The monoisotopic (exact) mass is 568 g/mol. The summed E-state index contributed by atoms with van der Waals surface area (Å²) < 4.78 is 47.8. The van der Waals surface area contributed by atoms with Crippen LogP contribution in [-0.4, -0.2) is 34.8 Å². The van der Waals surface area contributed by atoms with Crippen LogP contribution in [0.1, 0.15) is 59.4 Å². The molecular weight excluding hydrogens is 534 g/mol. The van der Waals surface area contributed by atoms with Crippen molar-refractivity contribution in [1.29, 1.82) is 0 Å². The maximum absolute atomic E-state index is 13.2. The van der Waals surface area contributed by atoms with E-state index in [-0.39, 0.29) is 49.8 Å². The summed E-state index contributed by atoms with van der Waals surface area (Å²) in [6.45, 7) is 11.1. The molecule has 0 radical (unpaired) electrons. The van der Waals surface area contributed by atoms with Gasteiger partial charge in [0.15, 0.2) is 0 Å². The summed E-state index contributed by atoms with van der Waals surface area (Å²) >= 11 is -0.247. The zero-order chi connectivity index (χ0) is 23.8. The number of amides is 1. The number of benzene rings is 1. The van der Waals surface area contributed by atoms with Crippen LogP contribution in [-0.2, 0) is 15.2 Å². The van der Waals surface area contributed by atoms with Crippen molar-refractivity contribution in [1.82, 2.24) is 16.2 Å². The molecule has 2 aliphatic rings. The fourth-order valence-electron chi connectivity index (χ4n) is 4.37. The van der Waals surface area contributed by atoms with Crippen LogP contribution >= 0.6 is 0 Å². The molecule has 3 rings (SSSR count). The number of halogens is 4. The third-order valence-corrected chi connectivity index (χ3v) is 9.10. The molecule has 9 heteroatoms. The summed E-state index contributed by atoms with van der Waals surface area (Å²) in [4.78, 5) is 11.6. The van der Waals surface area contributed by atoms with E-state index in [0.29, 0.717) is 18.9 Å². The van der Waals surface area contributed by atoms with E-state index < -0.39 is 11.8 Å². The first-order valence-electron chi connectivity index (χ1n) is 11.1. The van der Waals surface area contributed by atoms with Gasteiger partial charge in [0.1, 0.15) is 0 Å². The molecule has 2 aliphatic heterocycles. The first-order chi connectivity index (χ1) is 14.8. The Labute approximate surface area is 198 Å². The summed E-state index contributed by atoms with van der Waals surface area (Å²) in [5.74, 6) is 0.558. The van der Waals surface area contributed by atoms with Crippen LogP contribution in [0.2, 0.25) is 0 Å². The van der Waals surface area contributed by atoms with Crippen LogP contribution in [0.4, 0.5) is 13.2 Å². The van der Waals surface area contributed by atoms with Crippen molar-refractivity contribution in [3.63, 3.8) is 0 Å². The third kappa shape index (κ3) is 5.77. The molecule has 0 bridgehead atoms. The van der Waals surface area contributed by atoms with Gasteiger partial charge >= 0.3 is 199 Å². The minimum absolute atomic E-state index is 0.0592. The molecule has 0 aromatic heterocycles. The minimum atomic E-state index is -4.37. The van der Waals surface area contributed by atoms with E-state index in [0.717, 1.165) is 20.8 Å². The molecule has 0 saturated carbocycles. The average molecular weight is 568 g/mol. The molecule has 182 valence electrons. The van der Waals surface area contributed by atoms with E-state index in [2.05, 4.69) is 43.9 Å². The van der Waals surface area contributed by atoms with E-state index in [1.807, 2.05) is 19.1 Å². The van der Waals surface area contributed by atoms with Crippen LogP contribution in [0.15, 0.2) is 24.3 Å². The Bertz CT molecular complexity index is 812. The average Bonchev–Trinajstić information content (AvgIpc) is 3.62. The maximum atomic E-state index is 13.2. The zero-order valence-corrected chi connectivity index (χ0v) is 21.5. The Morgan fingerprint density at radius 2 is 1.88 bits per heavy atom. The standard InChI is InChI=1S/C23H34F3IN3O2/c1-6-18(31)28-14-20(3,4)19-21(5,32-19)13-15(2)11-12-27-17-9-7-16(8-10-17)22(29-30-22)23(24,25)26/h7-10,15,19,29-30H,6,11-14H2,1-5H3,(H,28,31)/q-1. The summed E-state index contributed by atoms with van der Waals surface area (Å²) in [6.07, 6.45) is -1.71. The third-order valence-electron chi connectivity index (χ3n) is 6.34. The number of rotatable bonds is 11. The molecule has 1 amide bonds. The predicted molar refractivity (Wildman–Crippen MR) is 113 cm³/mol. The molecule has 5 nitrogen and oxygen atoms in total. The van der Waals surface area contributed by atoms with Gasteiger partial charge in [0.2, 0.25) is 0 Å². The number of alkyl halides is 4. The van der Waals surface area contributed by atoms with Crippen LogP contribution in [0.25, 0.3) is 0 Å². The van der Waals surface area contributed by atoms with E-state index in [1.165, 1.54) is 0 Å². The molecular formula is C23H34F3IN3O2-. The van der Waals surface area contributed by atoms with Gasteiger partial charge in [-0.05, 0) is 0 Å². The Hall–Kier alpha value is -0.910. The van der Waals surface area contributed by atoms with Crippen molar-refractivity contribution >= 4 is 5.91 Å². The molecule has 0 aliphatic carbocycles. The second kappa shape index (κ2) is 9.38. The zero-order valence-electron chi connectivity index (χ0n) is 19.3. The van der Waals surface area contributed by atoms with Gasteiger partial charge in [-0.15, -0.1) is 0 Å². The summed E-state index contributed by atoms with van der Waals surface area (Å²) in [7, 11) is 0. The molecule has 32 heavy (non-hydrogen) atoms. The summed E-state index contributed by atoms with van der Waals surface area (Å²) in [5.41, 5.74) is 2.33. The first-order valence-corrected chi connectivity index (χ1v) is 13.7. The molecule has 2 saturated heterocycles. The number of hydrazine groups is 1. The van der Waals surface area contributed by atoms with Gasteiger partial charge in [-0.3, -0.25) is 0 Å². The Morgan fingerprint density at radius 3 is 2.41 bits per heavy atom. The fraction of sp³-hybridized carbons (Fsp3) is 0.696. The number of carbonyl (C=O) groups excluding carboxylic acids is 1. The molecule has 3 N–H and O–H groups in total. The van der Waals surface area contributed by atoms with Crippen molar-refractivity contribution in [2.75, 3.05) is 11.0 Å². The molecule has 1 aromatic rings. The number of ether oxygens (including phenoxy) is 1. The summed E-state index contributed by atoms with van der Waals surface area (Å²) in [6, 6.07) is 6.80. The van der Waals surface area contributed by atoms with Gasteiger partial charge in [-0.1, -0.05) is 0 Å². The Morgan fingerprint density at radius 1 is 1.25 bits per heavy atom. The predicted octanol–water partition coefficient (Wildman–Crippen LogP) is 0.894. The molecule has 3 atom stereocenters. The van der Waals surface area contributed by atoms with Crippen molar-refractivity contribution in [2.45, 2.75) is 77.4 Å². The molecule has 2 heterocycles. The van der Waals surface area contributed by atoms with Gasteiger partial charge in [-0.2, -0.15) is 0 Å². The molecule has 1 aromatic carbocycles. The summed E-state index contributed by atoms with van der Waals surface area (Å²) in [5, 5.41) is 2.98. The van der Waals surface area contributed by atoms with Crippen LogP contribution in [0, 0.1) is 14.9 Å². The number of hydrogen-bond donors (Lipinski definition) is 3. The molecule has 2 fully saturated rings. The quantitative estimate of drug-likeness (QED) is 0.211. The Balaban J connectivity index is 1.42. The van der Waals surface area contributed by atoms with Crippen LogP contribution in [0.5, 0.6) is 0 Å². The number of epoxide rings is 1.